The molecule has 0 aliphatic carbocycles. The molecule has 2 aromatic rings. The van der Waals surface area contributed by atoms with Crippen molar-refractivity contribution in [1.29, 1.82) is 0 Å². The van der Waals surface area contributed by atoms with Gasteiger partial charge in [-0.15, -0.1) is 0 Å². The Kier molecular flexibility index (Phi) is 5.39. The first-order valence-corrected chi connectivity index (χ1v) is 10.1. The van der Waals surface area contributed by atoms with Gasteiger partial charge in [0, 0.05) is 41.3 Å². The minimum atomic E-state index is -3.05. The van der Waals surface area contributed by atoms with E-state index in [0.717, 1.165) is 6.92 Å². The van der Waals surface area contributed by atoms with Crippen LogP contribution in [-0.2, 0) is 9.59 Å². The summed E-state index contributed by atoms with van der Waals surface area (Å²) in [6, 6.07) is 13.2. The summed E-state index contributed by atoms with van der Waals surface area (Å²) in [4.78, 5) is 30.3. The summed E-state index contributed by atoms with van der Waals surface area (Å²) in [6.45, 7) is 1.64. The minimum Gasteiger partial charge on any atom is -0.326 e. The third-order valence-corrected chi connectivity index (χ3v) is 5.42. The first kappa shape index (κ1) is 21.2. The van der Waals surface area contributed by atoms with E-state index < -0.39 is 24.4 Å². The van der Waals surface area contributed by atoms with Gasteiger partial charge in [0.15, 0.2) is 0 Å². The highest BCUT2D eigenvalue weighted by molar-refractivity contribution is 6.30. The van der Waals surface area contributed by atoms with E-state index in [1.807, 2.05) is 6.07 Å². The van der Waals surface area contributed by atoms with E-state index in [0.29, 0.717) is 38.7 Å². The normalized spacial score (nSPS) is 18.4. The van der Waals surface area contributed by atoms with E-state index in [2.05, 4.69) is 10.3 Å². The number of rotatable bonds is 5. The van der Waals surface area contributed by atoms with E-state index in [9.17, 15) is 18.4 Å². The van der Waals surface area contributed by atoms with E-state index in [-0.39, 0.29) is 12.5 Å². The van der Waals surface area contributed by atoms with Crippen LogP contribution in [0.2, 0.25) is 5.02 Å². The van der Waals surface area contributed by atoms with E-state index in [4.69, 9.17) is 11.6 Å². The maximum atomic E-state index is 14.0. The number of aliphatic imine (C=N–C) groups is 1. The number of hydrogen-bond acceptors (Lipinski definition) is 3. The molecule has 8 heteroatoms. The summed E-state index contributed by atoms with van der Waals surface area (Å²) >= 11 is 6.01. The van der Waals surface area contributed by atoms with Crippen molar-refractivity contribution < 1.29 is 18.4 Å². The van der Waals surface area contributed by atoms with E-state index in [1.54, 1.807) is 42.5 Å². The highest BCUT2D eigenvalue weighted by Crippen LogP contribution is 2.44. The van der Waals surface area contributed by atoms with Crippen LogP contribution in [0, 0.1) is 0 Å². The van der Waals surface area contributed by atoms with Crippen molar-refractivity contribution >= 4 is 34.8 Å². The summed E-state index contributed by atoms with van der Waals surface area (Å²) in [5.41, 5.74) is 3.58. The predicted molar refractivity (Wildman–Crippen MR) is 116 cm³/mol. The molecule has 5 nitrogen and oxygen atoms in total. The van der Waals surface area contributed by atoms with Crippen LogP contribution in [0.5, 0.6) is 0 Å². The van der Waals surface area contributed by atoms with Gasteiger partial charge in [0.05, 0.1) is 24.8 Å². The quantitative estimate of drug-likeness (QED) is 0.732. The Bertz CT molecular complexity index is 1120. The topological polar surface area (TPSA) is 61.8 Å². The molecule has 2 amide bonds. The molecular formula is C23H20ClF2N3O2. The molecule has 2 aliphatic heterocycles. The first-order chi connectivity index (χ1) is 14.6. The number of nitrogens with one attached hydrogen (secondary N) is 1. The van der Waals surface area contributed by atoms with Gasteiger partial charge in [-0.2, -0.15) is 0 Å². The highest BCUT2D eigenvalue weighted by Gasteiger charge is 2.46. The number of halogens is 3. The molecule has 0 radical (unpaired) electrons. The predicted octanol–water partition coefficient (Wildman–Crippen LogP) is 4.64. The number of amides is 2. The fourth-order valence-corrected chi connectivity index (χ4v) is 4.17. The number of hydrogen-bond donors (Lipinski definition) is 1. The van der Waals surface area contributed by atoms with Gasteiger partial charge >= 0.3 is 0 Å². The third-order valence-electron chi connectivity index (χ3n) is 5.17. The zero-order chi connectivity index (χ0) is 22.3. The number of carbonyl (C=O) groups excluding carboxylic acids is 2. The van der Waals surface area contributed by atoms with Gasteiger partial charge in [-0.3, -0.25) is 14.6 Å². The van der Waals surface area contributed by atoms with Gasteiger partial charge in [0.2, 0.25) is 5.91 Å². The molecule has 0 spiro atoms. The first-order valence-electron chi connectivity index (χ1n) is 9.74. The van der Waals surface area contributed by atoms with Crippen molar-refractivity contribution in [2.45, 2.75) is 25.8 Å². The van der Waals surface area contributed by atoms with Crippen molar-refractivity contribution in [3.8, 4) is 0 Å². The molecule has 0 aromatic heterocycles. The Morgan fingerprint density at radius 1 is 1.26 bits per heavy atom. The average molecular weight is 444 g/mol. The summed E-state index contributed by atoms with van der Waals surface area (Å²) in [6.07, 6.45) is 0. The van der Waals surface area contributed by atoms with Crippen molar-refractivity contribution in [2.24, 2.45) is 4.99 Å². The number of carbonyl (C=O) groups is 2. The summed E-state index contributed by atoms with van der Waals surface area (Å²) in [7, 11) is 0. The summed E-state index contributed by atoms with van der Waals surface area (Å²) < 4.78 is 27.9. The molecule has 2 heterocycles. The van der Waals surface area contributed by atoms with Gasteiger partial charge in [0.25, 0.3) is 11.8 Å². The maximum Gasteiger partial charge on any atom is 0.262 e. The van der Waals surface area contributed by atoms with Crippen LogP contribution >= 0.6 is 11.6 Å². The fourth-order valence-electron chi connectivity index (χ4n) is 4.04. The maximum absolute atomic E-state index is 14.0. The van der Waals surface area contributed by atoms with E-state index >= 15 is 0 Å². The van der Waals surface area contributed by atoms with Crippen LogP contribution in [0.15, 0.2) is 64.7 Å². The lowest BCUT2D eigenvalue weighted by Gasteiger charge is -2.30. The zero-order valence-corrected chi connectivity index (χ0v) is 17.7. The van der Waals surface area contributed by atoms with Gasteiger partial charge < -0.3 is 10.2 Å². The zero-order valence-electron chi connectivity index (χ0n) is 17.0. The van der Waals surface area contributed by atoms with Gasteiger partial charge in [-0.25, -0.2) is 8.78 Å². The molecule has 0 saturated carbocycles. The number of anilines is 1. The number of alkyl halides is 2. The molecule has 31 heavy (non-hydrogen) atoms. The number of benzene rings is 2. The average Bonchev–Trinajstić information content (AvgIpc) is 3.21. The Morgan fingerprint density at radius 2 is 1.97 bits per heavy atom. The monoisotopic (exact) mass is 443 g/mol. The van der Waals surface area contributed by atoms with E-state index in [1.165, 1.54) is 11.8 Å². The smallest absolute Gasteiger partial charge is 0.262 e. The molecule has 1 N–H and O–H groups in total. The molecule has 0 fully saturated rings. The van der Waals surface area contributed by atoms with Crippen molar-refractivity contribution in [1.82, 2.24) is 4.90 Å². The summed E-state index contributed by atoms with van der Waals surface area (Å²) in [5.74, 6) is -3.70. The second-order valence-corrected chi connectivity index (χ2v) is 8.21. The van der Waals surface area contributed by atoms with Gasteiger partial charge in [-0.1, -0.05) is 35.9 Å². The van der Waals surface area contributed by atoms with Crippen LogP contribution in [0.3, 0.4) is 0 Å². The van der Waals surface area contributed by atoms with Crippen LogP contribution in [0.25, 0.3) is 0 Å². The third kappa shape index (κ3) is 4.23. The van der Waals surface area contributed by atoms with Crippen molar-refractivity contribution in [2.75, 3.05) is 18.4 Å². The highest BCUT2D eigenvalue weighted by atomic mass is 35.5. The molecule has 0 saturated heterocycles. The molecule has 1 unspecified atom stereocenters. The Hall–Kier alpha value is -3.06. The van der Waals surface area contributed by atoms with Crippen molar-refractivity contribution in [3.05, 3.63) is 75.8 Å². The van der Waals surface area contributed by atoms with Crippen LogP contribution in [0.1, 0.15) is 31.0 Å². The lowest BCUT2D eigenvalue weighted by atomic mass is 9.91. The standard InChI is InChI=1S/C23H20ClF2N3O2/c1-13(30)28-17-5-3-4-15(10-17)20-19-18(11-27-20)22(31)29(12-23(2,25)26)21(19)14-6-8-16(24)9-7-14/h3-10,21H,11-12H2,1-2H3,(H,28,30). The molecule has 1 atom stereocenters. The van der Waals surface area contributed by atoms with Gasteiger partial charge in [0.1, 0.15) is 0 Å². The Balaban J connectivity index is 1.79. The summed E-state index contributed by atoms with van der Waals surface area (Å²) in [5, 5.41) is 3.24. The fraction of sp³-hybridized carbons (Fsp3) is 0.261. The molecule has 160 valence electrons. The molecular weight excluding hydrogens is 424 g/mol. The van der Waals surface area contributed by atoms with Crippen LogP contribution in [0.4, 0.5) is 14.5 Å². The van der Waals surface area contributed by atoms with Crippen LogP contribution < -0.4 is 5.32 Å². The molecule has 2 aliphatic rings. The molecule has 4 rings (SSSR count). The number of nitrogens with zero attached hydrogens (tertiary/aromatic N) is 2. The molecule has 2 aromatic carbocycles. The SMILES string of the molecule is CC(=O)Nc1cccc(C2=NCC3=C2C(c2ccc(Cl)cc2)N(CC(C)(F)F)C3=O)c1. The van der Waals surface area contributed by atoms with Crippen LogP contribution in [-0.4, -0.2) is 41.4 Å². The Morgan fingerprint density at radius 3 is 2.61 bits per heavy atom. The Labute approximate surface area is 183 Å². The second kappa shape index (κ2) is 7.89. The molecule has 0 bridgehead atoms. The lowest BCUT2D eigenvalue weighted by Crippen LogP contribution is -2.40. The minimum absolute atomic E-state index is 0.129. The lowest BCUT2D eigenvalue weighted by molar-refractivity contribution is -0.132. The van der Waals surface area contributed by atoms with Gasteiger partial charge in [-0.05, 0) is 29.8 Å². The van der Waals surface area contributed by atoms with Crippen molar-refractivity contribution in [3.63, 3.8) is 0 Å². The largest absolute Gasteiger partial charge is 0.326 e. The second-order valence-electron chi connectivity index (χ2n) is 7.78.